The van der Waals surface area contributed by atoms with Gasteiger partial charge in [0.1, 0.15) is 0 Å². The zero-order chi connectivity index (χ0) is 13.7. The zero-order valence-electron chi connectivity index (χ0n) is 12.0. The van der Waals surface area contributed by atoms with Crippen LogP contribution in [0.1, 0.15) is 39.5 Å². The Labute approximate surface area is 115 Å². The zero-order valence-corrected chi connectivity index (χ0v) is 12.0. The molecule has 2 saturated heterocycles. The van der Waals surface area contributed by atoms with Gasteiger partial charge < -0.3 is 20.1 Å². The summed E-state index contributed by atoms with van der Waals surface area (Å²) in [6.07, 6.45) is 4.03. The topological polar surface area (TPSA) is 59.6 Å². The molecule has 0 radical (unpaired) electrons. The summed E-state index contributed by atoms with van der Waals surface area (Å²) in [5, 5.41) is 6.20. The van der Waals surface area contributed by atoms with Gasteiger partial charge in [-0.1, -0.05) is 0 Å². The van der Waals surface area contributed by atoms with E-state index in [0.717, 1.165) is 45.4 Å². The van der Waals surface area contributed by atoms with Gasteiger partial charge in [-0.25, -0.2) is 0 Å². The van der Waals surface area contributed by atoms with Crippen LogP contribution in [-0.2, 0) is 14.3 Å². The number of carbonyl (C=O) groups excluding carboxylic acids is 1. The van der Waals surface area contributed by atoms with Gasteiger partial charge in [0.25, 0.3) is 0 Å². The minimum absolute atomic E-state index is 0.113. The second kappa shape index (κ2) is 6.68. The number of rotatable bonds is 5. The highest BCUT2D eigenvalue weighted by Crippen LogP contribution is 2.20. The largest absolute Gasteiger partial charge is 0.353 e. The molecule has 5 nitrogen and oxygen atoms in total. The third-order valence-electron chi connectivity index (χ3n) is 3.71. The first-order valence-electron chi connectivity index (χ1n) is 7.35. The highest BCUT2D eigenvalue weighted by atomic mass is 16.7. The molecule has 2 aliphatic rings. The average Bonchev–Trinajstić information content (AvgIpc) is 2.91. The van der Waals surface area contributed by atoms with Crippen molar-refractivity contribution in [1.82, 2.24) is 10.6 Å². The monoisotopic (exact) mass is 270 g/mol. The molecule has 2 N–H and O–H groups in total. The fourth-order valence-corrected chi connectivity index (χ4v) is 2.52. The lowest BCUT2D eigenvalue weighted by molar-refractivity contribution is -0.214. The normalized spacial score (nSPS) is 28.3. The molecule has 1 amide bonds. The Morgan fingerprint density at radius 2 is 2.26 bits per heavy atom. The van der Waals surface area contributed by atoms with E-state index >= 15 is 0 Å². The molecule has 0 aromatic carbocycles. The minimum Gasteiger partial charge on any atom is -0.353 e. The molecule has 5 heteroatoms. The van der Waals surface area contributed by atoms with E-state index in [2.05, 4.69) is 10.6 Å². The summed E-state index contributed by atoms with van der Waals surface area (Å²) in [4.78, 5) is 11.9. The third-order valence-corrected chi connectivity index (χ3v) is 3.71. The quantitative estimate of drug-likeness (QED) is 0.783. The fourth-order valence-electron chi connectivity index (χ4n) is 2.52. The van der Waals surface area contributed by atoms with Crippen LogP contribution < -0.4 is 10.6 Å². The smallest absolute Gasteiger partial charge is 0.224 e. The van der Waals surface area contributed by atoms with Crippen molar-refractivity contribution in [3.05, 3.63) is 0 Å². The number of amides is 1. The van der Waals surface area contributed by atoms with Crippen LogP contribution >= 0.6 is 0 Å². The van der Waals surface area contributed by atoms with Gasteiger partial charge >= 0.3 is 0 Å². The third kappa shape index (κ3) is 4.75. The Hall–Kier alpha value is -0.650. The molecule has 0 saturated carbocycles. The molecule has 0 bridgehead atoms. The first-order valence-corrected chi connectivity index (χ1v) is 7.35. The van der Waals surface area contributed by atoms with Crippen molar-refractivity contribution in [2.75, 3.05) is 26.2 Å². The van der Waals surface area contributed by atoms with Crippen molar-refractivity contribution in [3.63, 3.8) is 0 Å². The Bertz CT molecular complexity index is 295. The molecule has 2 fully saturated rings. The molecule has 110 valence electrons. The lowest BCUT2D eigenvalue weighted by Crippen LogP contribution is -2.45. The van der Waals surface area contributed by atoms with E-state index in [0.29, 0.717) is 6.54 Å². The van der Waals surface area contributed by atoms with Crippen molar-refractivity contribution in [2.45, 2.75) is 51.4 Å². The van der Waals surface area contributed by atoms with Gasteiger partial charge in [0.05, 0.1) is 11.5 Å². The Balaban J connectivity index is 1.71. The highest BCUT2D eigenvalue weighted by Gasteiger charge is 2.28. The van der Waals surface area contributed by atoms with E-state index in [4.69, 9.17) is 9.47 Å². The Morgan fingerprint density at radius 3 is 2.89 bits per heavy atom. The summed E-state index contributed by atoms with van der Waals surface area (Å²) in [6, 6.07) is 0. The second-order valence-corrected chi connectivity index (χ2v) is 6.08. The van der Waals surface area contributed by atoms with Crippen molar-refractivity contribution in [2.24, 2.45) is 5.92 Å². The summed E-state index contributed by atoms with van der Waals surface area (Å²) in [7, 11) is 0. The van der Waals surface area contributed by atoms with Crippen LogP contribution in [0.15, 0.2) is 0 Å². The van der Waals surface area contributed by atoms with E-state index in [1.807, 2.05) is 13.8 Å². The van der Waals surface area contributed by atoms with Crippen LogP contribution in [-0.4, -0.2) is 44.0 Å². The van der Waals surface area contributed by atoms with E-state index < -0.39 is 0 Å². The van der Waals surface area contributed by atoms with Gasteiger partial charge in [-0.2, -0.15) is 0 Å². The molecule has 19 heavy (non-hydrogen) atoms. The maximum absolute atomic E-state index is 11.9. The van der Waals surface area contributed by atoms with Gasteiger partial charge in [0.2, 0.25) is 5.91 Å². The maximum Gasteiger partial charge on any atom is 0.224 e. The van der Waals surface area contributed by atoms with Crippen molar-refractivity contribution >= 4 is 5.91 Å². The van der Waals surface area contributed by atoms with Gasteiger partial charge in [-0.3, -0.25) is 4.79 Å². The highest BCUT2D eigenvalue weighted by molar-refractivity contribution is 5.79. The number of carbonyl (C=O) groups is 1. The lowest BCUT2D eigenvalue weighted by atomic mass is 10.1. The summed E-state index contributed by atoms with van der Waals surface area (Å²) in [5.41, 5.74) is -0.385. The van der Waals surface area contributed by atoms with Crippen molar-refractivity contribution in [1.29, 1.82) is 0 Å². The second-order valence-electron chi connectivity index (χ2n) is 6.08. The molecule has 0 aromatic heterocycles. The van der Waals surface area contributed by atoms with Crippen LogP contribution in [0.5, 0.6) is 0 Å². The van der Waals surface area contributed by atoms with E-state index in [1.165, 1.54) is 0 Å². The van der Waals surface area contributed by atoms with Crippen LogP contribution in [0, 0.1) is 5.92 Å². The minimum atomic E-state index is -0.385. The van der Waals surface area contributed by atoms with Crippen LogP contribution in [0.4, 0.5) is 0 Å². The van der Waals surface area contributed by atoms with Gasteiger partial charge in [0.15, 0.2) is 6.29 Å². The summed E-state index contributed by atoms with van der Waals surface area (Å²) < 4.78 is 11.5. The van der Waals surface area contributed by atoms with E-state index in [-0.39, 0.29) is 23.7 Å². The molecule has 0 aromatic rings. The Kier molecular flexibility index (Phi) is 5.19. The number of hydrogen-bond donors (Lipinski definition) is 2. The molecule has 1 unspecified atom stereocenters. The first kappa shape index (κ1) is 14.8. The SMILES string of the molecule is CC(C)(CNC(=O)[C@H]1CCNC1)OC1CCCCO1. The molecular weight excluding hydrogens is 244 g/mol. The summed E-state index contributed by atoms with van der Waals surface area (Å²) in [5.74, 6) is 0.243. The van der Waals surface area contributed by atoms with Crippen LogP contribution in [0.25, 0.3) is 0 Å². The summed E-state index contributed by atoms with van der Waals surface area (Å²) in [6.45, 7) is 7.03. The van der Waals surface area contributed by atoms with Crippen LogP contribution in [0.3, 0.4) is 0 Å². The Morgan fingerprint density at radius 1 is 1.42 bits per heavy atom. The average molecular weight is 270 g/mol. The van der Waals surface area contributed by atoms with E-state index in [9.17, 15) is 4.79 Å². The molecule has 0 spiro atoms. The van der Waals surface area contributed by atoms with Gasteiger partial charge in [-0.05, 0) is 46.1 Å². The van der Waals surface area contributed by atoms with Crippen molar-refractivity contribution in [3.8, 4) is 0 Å². The predicted octanol–water partition coefficient (Wildman–Crippen LogP) is 1.03. The standard InChI is InChI=1S/C14H26N2O3/c1-14(2,19-12-5-3-4-8-18-12)10-16-13(17)11-6-7-15-9-11/h11-12,15H,3-10H2,1-2H3,(H,16,17)/t11-,12?/m0/s1. The van der Waals surface area contributed by atoms with Gasteiger partial charge in [-0.15, -0.1) is 0 Å². The molecular formula is C14H26N2O3. The van der Waals surface area contributed by atoms with Gasteiger partial charge in [0, 0.05) is 19.7 Å². The number of nitrogens with one attached hydrogen (secondary N) is 2. The number of ether oxygens (including phenoxy) is 2. The lowest BCUT2D eigenvalue weighted by Gasteiger charge is -2.33. The number of hydrogen-bond acceptors (Lipinski definition) is 4. The van der Waals surface area contributed by atoms with E-state index in [1.54, 1.807) is 0 Å². The summed E-state index contributed by atoms with van der Waals surface area (Å²) >= 11 is 0. The molecule has 2 heterocycles. The van der Waals surface area contributed by atoms with Crippen molar-refractivity contribution < 1.29 is 14.3 Å². The van der Waals surface area contributed by atoms with Crippen LogP contribution in [0.2, 0.25) is 0 Å². The maximum atomic E-state index is 11.9. The first-order chi connectivity index (χ1) is 9.07. The molecule has 0 aliphatic carbocycles. The molecule has 2 atom stereocenters. The molecule has 2 aliphatic heterocycles. The fraction of sp³-hybridized carbons (Fsp3) is 0.929. The predicted molar refractivity (Wildman–Crippen MR) is 72.7 cm³/mol. The molecule has 2 rings (SSSR count).